The summed E-state index contributed by atoms with van der Waals surface area (Å²) in [5.74, 6) is -1.18. The first-order chi connectivity index (χ1) is 13.6. The van der Waals surface area contributed by atoms with Crippen LogP contribution in [0.2, 0.25) is 0 Å². The van der Waals surface area contributed by atoms with Gasteiger partial charge in [-0.1, -0.05) is 36.4 Å². The van der Waals surface area contributed by atoms with Gasteiger partial charge in [-0.3, -0.25) is 14.4 Å². The SMILES string of the molecule is O=C(COC(=O)CCC(=O)N1CCC(c2ccccc2)=N1)NCc1cccs1. The van der Waals surface area contributed by atoms with Crippen LogP contribution in [0.5, 0.6) is 0 Å². The zero-order valence-corrected chi connectivity index (χ0v) is 16.1. The average molecular weight is 399 g/mol. The molecule has 1 aromatic heterocycles. The molecule has 0 atom stereocenters. The van der Waals surface area contributed by atoms with E-state index in [0.717, 1.165) is 16.2 Å². The maximum Gasteiger partial charge on any atom is 0.306 e. The summed E-state index contributed by atoms with van der Waals surface area (Å²) in [5.41, 5.74) is 1.85. The maximum absolute atomic E-state index is 12.2. The van der Waals surface area contributed by atoms with Crippen LogP contribution in [0.25, 0.3) is 0 Å². The van der Waals surface area contributed by atoms with Gasteiger partial charge in [-0.05, 0) is 17.0 Å². The number of nitrogens with zero attached hydrogens (tertiary/aromatic N) is 2. The number of thiophene rings is 1. The molecule has 146 valence electrons. The van der Waals surface area contributed by atoms with Gasteiger partial charge in [-0.15, -0.1) is 11.3 Å². The molecule has 7 nitrogen and oxygen atoms in total. The Balaban J connectivity index is 1.35. The molecule has 28 heavy (non-hydrogen) atoms. The van der Waals surface area contributed by atoms with Crippen LogP contribution in [0.4, 0.5) is 0 Å². The summed E-state index contributed by atoms with van der Waals surface area (Å²) in [6.45, 7) is 0.560. The Bertz CT molecular complexity index is 850. The molecular formula is C20H21N3O4S. The molecule has 2 heterocycles. The van der Waals surface area contributed by atoms with E-state index in [2.05, 4.69) is 10.4 Å². The molecule has 0 saturated heterocycles. The van der Waals surface area contributed by atoms with Gasteiger partial charge < -0.3 is 10.1 Å². The van der Waals surface area contributed by atoms with E-state index in [9.17, 15) is 14.4 Å². The van der Waals surface area contributed by atoms with Gasteiger partial charge in [0.2, 0.25) is 5.91 Å². The largest absolute Gasteiger partial charge is 0.456 e. The lowest BCUT2D eigenvalue weighted by atomic mass is 10.1. The van der Waals surface area contributed by atoms with Crippen LogP contribution in [0.3, 0.4) is 0 Å². The smallest absolute Gasteiger partial charge is 0.306 e. The van der Waals surface area contributed by atoms with Gasteiger partial charge in [0.25, 0.3) is 5.91 Å². The predicted molar refractivity (Wildman–Crippen MR) is 106 cm³/mol. The highest BCUT2D eigenvalue weighted by molar-refractivity contribution is 7.09. The van der Waals surface area contributed by atoms with Crippen LogP contribution in [0.15, 0.2) is 52.9 Å². The lowest BCUT2D eigenvalue weighted by molar-refractivity contribution is -0.150. The standard InChI is InChI=1S/C20H21N3O4S/c24-18(21-13-16-7-4-12-28-16)14-27-20(26)9-8-19(25)23-11-10-17(22-23)15-5-2-1-3-6-15/h1-7,12H,8-11,13-14H2,(H,21,24). The summed E-state index contributed by atoms with van der Waals surface area (Å²) in [6.07, 6.45) is 0.607. The Labute approximate surface area is 167 Å². The fourth-order valence-electron chi connectivity index (χ4n) is 2.68. The molecule has 0 saturated carbocycles. The Kier molecular flexibility index (Phi) is 6.91. The van der Waals surface area contributed by atoms with Crippen molar-refractivity contribution in [1.29, 1.82) is 0 Å². The third kappa shape index (κ3) is 5.75. The number of benzene rings is 1. The van der Waals surface area contributed by atoms with Gasteiger partial charge in [0.15, 0.2) is 6.61 Å². The number of hydrogen-bond acceptors (Lipinski definition) is 6. The number of rotatable bonds is 8. The molecule has 0 spiro atoms. The fourth-order valence-corrected chi connectivity index (χ4v) is 3.32. The molecule has 3 rings (SSSR count). The Morgan fingerprint density at radius 2 is 1.93 bits per heavy atom. The van der Waals surface area contributed by atoms with E-state index < -0.39 is 5.97 Å². The van der Waals surface area contributed by atoms with Crippen molar-refractivity contribution in [2.75, 3.05) is 13.2 Å². The highest BCUT2D eigenvalue weighted by atomic mass is 32.1. The lowest BCUT2D eigenvalue weighted by Gasteiger charge is -2.11. The molecule has 2 amide bonds. The Hall–Kier alpha value is -3.00. The van der Waals surface area contributed by atoms with E-state index in [4.69, 9.17) is 4.74 Å². The summed E-state index contributed by atoms with van der Waals surface area (Å²) < 4.78 is 4.92. The highest BCUT2D eigenvalue weighted by Gasteiger charge is 2.22. The van der Waals surface area contributed by atoms with Crippen LogP contribution in [-0.2, 0) is 25.7 Å². The normalized spacial score (nSPS) is 13.1. The number of hydrazone groups is 1. The molecule has 8 heteroatoms. The van der Waals surface area contributed by atoms with E-state index in [0.29, 0.717) is 19.5 Å². The van der Waals surface area contributed by atoms with Crippen LogP contribution < -0.4 is 5.32 Å². The minimum atomic E-state index is -0.578. The van der Waals surface area contributed by atoms with Gasteiger partial charge in [0.05, 0.1) is 25.2 Å². The average Bonchev–Trinajstić information content (AvgIpc) is 3.41. The van der Waals surface area contributed by atoms with Gasteiger partial charge in [0, 0.05) is 17.7 Å². The van der Waals surface area contributed by atoms with Gasteiger partial charge >= 0.3 is 5.97 Å². The number of esters is 1. The number of ether oxygens (including phenoxy) is 1. The molecule has 1 aromatic carbocycles. The lowest BCUT2D eigenvalue weighted by Crippen LogP contribution is -2.28. The van der Waals surface area contributed by atoms with Crippen LogP contribution in [0, 0.1) is 0 Å². The Morgan fingerprint density at radius 1 is 1.11 bits per heavy atom. The fraction of sp³-hybridized carbons (Fsp3) is 0.300. The predicted octanol–water partition coefficient (Wildman–Crippen LogP) is 2.32. The van der Waals surface area contributed by atoms with Crippen LogP contribution >= 0.6 is 11.3 Å². The molecular weight excluding hydrogens is 378 g/mol. The van der Waals surface area contributed by atoms with Gasteiger partial charge in [0.1, 0.15) is 0 Å². The van der Waals surface area contributed by atoms with E-state index in [1.54, 1.807) is 0 Å². The second-order valence-electron chi connectivity index (χ2n) is 6.20. The molecule has 1 aliphatic rings. The third-order valence-corrected chi connectivity index (χ3v) is 5.02. The van der Waals surface area contributed by atoms with Crippen molar-refractivity contribution in [3.05, 3.63) is 58.3 Å². The van der Waals surface area contributed by atoms with Crippen molar-refractivity contribution in [3.8, 4) is 0 Å². The number of amides is 2. The summed E-state index contributed by atoms with van der Waals surface area (Å²) >= 11 is 1.54. The minimum absolute atomic E-state index is 0.00121. The summed E-state index contributed by atoms with van der Waals surface area (Å²) in [6, 6.07) is 13.5. The quantitative estimate of drug-likeness (QED) is 0.690. The van der Waals surface area contributed by atoms with Crippen LogP contribution in [0.1, 0.15) is 29.7 Å². The van der Waals surface area contributed by atoms with Crippen LogP contribution in [-0.4, -0.2) is 41.7 Å². The Morgan fingerprint density at radius 3 is 2.68 bits per heavy atom. The summed E-state index contributed by atoms with van der Waals surface area (Å²) in [5, 5.41) is 10.3. The molecule has 0 aliphatic carbocycles. The number of carbonyl (C=O) groups is 3. The molecule has 1 aliphatic heterocycles. The summed E-state index contributed by atoms with van der Waals surface area (Å²) in [7, 11) is 0. The zero-order chi connectivity index (χ0) is 19.8. The monoisotopic (exact) mass is 399 g/mol. The molecule has 0 unspecified atom stereocenters. The van der Waals surface area contributed by atoms with Crippen molar-refractivity contribution in [1.82, 2.24) is 10.3 Å². The first kappa shape index (κ1) is 19.8. The minimum Gasteiger partial charge on any atom is -0.456 e. The van der Waals surface area contributed by atoms with Crippen molar-refractivity contribution < 1.29 is 19.1 Å². The zero-order valence-electron chi connectivity index (χ0n) is 15.3. The first-order valence-electron chi connectivity index (χ1n) is 9.00. The number of nitrogens with one attached hydrogen (secondary N) is 1. The van der Waals surface area contributed by atoms with Crippen molar-refractivity contribution in [2.24, 2.45) is 5.10 Å². The molecule has 0 bridgehead atoms. The van der Waals surface area contributed by atoms with Crippen molar-refractivity contribution in [2.45, 2.75) is 25.8 Å². The second-order valence-corrected chi connectivity index (χ2v) is 7.23. The third-order valence-electron chi connectivity index (χ3n) is 4.14. The van der Waals surface area contributed by atoms with Crippen molar-refractivity contribution >= 4 is 34.8 Å². The van der Waals surface area contributed by atoms with Gasteiger partial charge in [-0.2, -0.15) is 5.10 Å². The van der Waals surface area contributed by atoms with E-state index in [1.807, 2.05) is 47.8 Å². The van der Waals surface area contributed by atoms with Crippen molar-refractivity contribution in [3.63, 3.8) is 0 Å². The van der Waals surface area contributed by atoms with E-state index in [1.165, 1.54) is 16.3 Å². The maximum atomic E-state index is 12.2. The second kappa shape index (κ2) is 9.80. The number of carbonyl (C=O) groups excluding carboxylic acids is 3. The molecule has 0 radical (unpaired) electrons. The first-order valence-corrected chi connectivity index (χ1v) is 9.88. The molecule has 0 fully saturated rings. The molecule has 2 aromatic rings. The van der Waals surface area contributed by atoms with Gasteiger partial charge in [-0.25, -0.2) is 5.01 Å². The van der Waals surface area contributed by atoms with E-state index in [-0.39, 0.29) is 31.3 Å². The van der Waals surface area contributed by atoms with E-state index >= 15 is 0 Å². The summed E-state index contributed by atoms with van der Waals surface area (Å²) in [4.78, 5) is 36.7. The number of hydrogen-bond donors (Lipinski definition) is 1. The molecule has 1 N–H and O–H groups in total. The highest BCUT2D eigenvalue weighted by Crippen LogP contribution is 2.15. The topological polar surface area (TPSA) is 88.1 Å².